The fourth-order valence-electron chi connectivity index (χ4n) is 4.04. The fraction of sp³-hybridized carbons (Fsp3) is 0.192. The second-order valence-corrected chi connectivity index (χ2v) is 7.76. The predicted octanol–water partition coefficient (Wildman–Crippen LogP) is 3.73. The van der Waals surface area contributed by atoms with Crippen LogP contribution in [0.1, 0.15) is 16.7 Å². The lowest BCUT2D eigenvalue weighted by Crippen LogP contribution is -2.47. The molecule has 0 spiro atoms. The molecular formula is C26H26N2O5. The molecule has 170 valence electrons. The number of amides is 1. The molecule has 0 fully saturated rings. The van der Waals surface area contributed by atoms with E-state index < -0.39 is 11.5 Å². The van der Waals surface area contributed by atoms with E-state index in [0.29, 0.717) is 30.0 Å². The van der Waals surface area contributed by atoms with Gasteiger partial charge in [0.05, 0.1) is 19.2 Å². The molecule has 0 saturated carbocycles. The predicted molar refractivity (Wildman–Crippen MR) is 127 cm³/mol. The molecule has 0 radical (unpaired) electrons. The zero-order valence-corrected chi connectivity index (χ0v) is 18.3. The van der Waals surface area contributed by atoms with Gasteiger partial charge in [0.25, 0.3) is 0 Å². The van der Waals surface area contributed by atoms with Crippen LogP contribution >= 0.6 is 0 Å². The standard InChI is InChI=1S/C25H24N2O4.CH2O/c1-31-22-12-11-20(14-21(22)26-23(28)13-17-7-3-2-4-8-17)27-25(24(29)30)15-18-9-5-6-10-19(18)16-25;1-2/h2-12,14,27H,13,15-16H2,1H3,(H,26,28)(H,29,30);1H2. The summed E-state index contributed by atoms with van der Waals surface area (Å²) in [7, 11) is 1.53. The number of rotatable bonds is 7. The van der Waals surface area contributed by atoms with Crippen LogP contribution in [-0.4, -0.2) is 36.4 Å². The number of carboxylic acids is 1. The smallest absolute Gasteiger partial charge is 0.330 e. The molecule has 1 aliphatic rings. The summed E-state index contributed by atoms with van der Waals surface area (Å²) < 4.78 is 5.39. The van der Waals surface area contributed by atoms with Crippen LogP contribution in [0.15, 0.2) is 72.8 Å². The number of fused-ring (bicyclic) bond motifs is 1. The zero-order valence-electron chi connectivity index (χ0n) is 18.3. The molecule has 0 aliphatic heterocycles. The molecule has 7 nitrogen and oxygen atoms in total. The summed E-state index contributed by atoms with van der Waals surface area (Å²) in [5, 5.41) is 16.1. The maximum absolute atomic E-state index is 12.5. The number of benzene rings is 3. The van der Waals surface area contributed by atoms with Crippen LogP contribution in [0.25, 0.3) is 0 Å². The summed E-state index contributed by atoms with van der Waals surface area (Å²) in [5.41, 5.74) is 2.92. The molecule has 7 heteroatoms. The Morgan fingerprint density at radius 3 is 2.15 bits per heavy atom. The van der Waals surface area contributed by atoms with E-state index in [-0.39, 0.29) is 12.3 Å². The number of hydrogen-bond acceptors (Lipinski definition) is 5. The van der Waals surface area contributed by atoms with E-state index in [0.717, 1.165) is 16.7 Å². The minimum atomic E-state index is -1.14. The minimum Gasteiger partial charge on any atom is -0.495 e. The molecule has 1 aliphatic carbocycles. The van der Waals surface area contributed by atoms with E-state index in [2.05, 4.69) is 10.6 Å². The number of nitrogens with one attached hydrogen (secondary N) is 2. The van der Waals surface area contributed by atoms with Gasteiger partial charge in [0.1, 0.15) is 18.1 Å². The van der Waals surface area contributed by atoms with Crippen molar-refractivity contribution in [3.8, 4) is 5.75 Å². The lowest BCUT2D eigenvalue weighted by molar-refractivity contribution is -0.142. The summed E-state index contributed by atoms with van der Waals surface area (Å²) >= 11 is 0. The number of carbonyl (C=O) groups is 3. The average Bonchev–Trinajstić information content (AvgIpc) is 3.21. The third kappa shape index (κ3) is 5.38. The number of aliphatic carboxylic acids is 1. The van der Waals surface area contributed by atoms with E-state index >= 15 is 0 Å². The zero-order chi connectivity index (χ0) is 23.8. The fourth-order valence-corrected chi connectivity index (χ4v) is 4.04. The van der Waals surface area contributed by atoms with Crippen LogP contribution in [0.2, 0.25) is 0 Å². The molecule has 4 rings (SSSR count). The van der Waals surface area contributed by atoms with Crippen LogP contribution in [-0.2, 0) is 33.6 Å². The van der Waals surface area contributed by atoms with Crippen molar-refractivity contribution in [3.63, 3.8) is 0 Å². The molecule has 0 atom stereocenters. The van der Waals surface area contributed by atoms with Crippen molar-refractivity contribution in [2.45, 2.75) is 24.8 Å². The van der Waals surface area contributed by atoms with Gasteiger partial charge in [0, 0.05) is 18.5 Å². The molecule has 0 unspecified atom stereocenters. The van der Waals surface area contributed by atoms with Crippen molar-refractivity contribution >= 4 is 30.0 Å². The Balaban J connectivity index is 0.00000149. The molecule has 3 N–H and O–H groups in total. The summed E-state index contributed by atoms with van der Waals surface area (Å²) in [6.45, 7) is 2.00. The summed E-state index contributed by atoms with van der Waals surface area (Å²) in [6.07, 6.45) is 1.01. The van der Waals surface area contributed by atoms with Gasteiger partial charge in [-0.2, -0.15) is 0 Å². The number of methoxy groups -OCH3 is 1. The van der Waals surface area contributed by atoms with E-state index in [9.17, 15) is 14.7 Å². The van der Waals surface area contributed by atoms with Crippen molar-refractivity contribution in [2.75, 3.05) is 17.7 Å². The Labute approximate surface area is 192 Å². The normalized spacial score (nSPS) is 13.1. The second-order valence-electron chi connectivity index (χ2n) is 7.76. The van der Waals surface area contributed by atoms with Crippen LogP contribution in [0.3, 0.4) is 0 Å². The van der Waals surface area contributed by atoms with Gasteiger partial charge in [-0.15, -0.1) is 0 Å². The summed E-state index contributed by atoms with van der Waals surface area (Å²) in [6, 6.07) is 22.4. The number of anilines is 2. The lowest BCUT2D eigenvalue weighted by atomic mass is 9.95. The second kappa shape index (κ2) is 10.5. The largest absolute Gasteiger partial charge is 0.495 e. The Kier molecular flexibility index (Phi) is 7.46. The number of carbonyl (C=O) groups excluding carboxylic acids is 2. The maximum atomic E-state index is 12.5. The number of ether oxygens (including phenoxy) is 1. The van der Waals surface area contributed by atoms with Gasteiger partial charge >= 0.3 is 5.97 Å². The van der Waals surface area contributed by atoms with E-state index in [1.807, 2.05) is 61.4 Å². The highest BCUT2D eigenvalue weighted by Gasteiger charge is 2.44. The quantitative estimate of drug-likeness (QED) is 0.511. The Hall–Kier alpha value is -4.13. The Bertz CT molecular complexity index is 1110. The van der Waals surface area contributed by atoms with E-state index in [1.54, 1.807) is 18.2 Å². The minimum absolute atomic E-state index is 0.178. The first kappa shape index (κ1) is 23.5. The van der Waals surface area contributed by atoms with Crippen molar-refractivity contribution in [1.82, 2.24) is 0 Å². The molecule has 0 heterocycles. The highest BCUT2D eigenvalue weighted by Crippen LogP contribution is 2.35. The maximum Gasteiger partial charge on any atom is 0.330 e. The van der Waals surface area contributed by atoms with Crippen molar-refractivity contribution in [3.05, 3.63) is 89.5 Å². The molecule has 3 aromatic rings. The molecule has 3 aromatic carbocycles. The molecule has 33 heavy (non-hydrogen) atoms. The molecule has 0 saturated heterocycles. The van der Waals surface area contributed by atoms with Crippen LogP contribution < -0.4 is 15.4 Å². The monoisotopic (exact) mass is 446 g/mol. The molecule has 0 bridgehead atoms. The van der Waals surface area contributed by atoms with Gasteiger partial charge in [-0.1, -0.05) is 54.6 Å². The molecule has 0 aromatic heterocycles. The first-order valence-electron chi connectivity index (χ1n) is 10.4. The third-order valence-corrected chi connectivity index (χ3v) is 5.58. The first-order valence-corrected chi connectivity index (χ1v) is 10.4. The highest BCUT2D eigenvalue weighted by atomic mass is 16.5. The Morgan fingerprint density at radius 2 is 1.58 bits per heavy atom. The van der Waals surface area contributed by atoms with Crippen LogP contribution in [0.4, 0.5) is 11.4 Å². The van der Waals surface area contributed by atoms with Crippen LogP contribution in [0, 0.1) is 0 Å². The third-order valence-electron chi connectivity index (χ3n) is 5.58. The van der Waals surface area contributed by atoms with E-state index in [4.69, 9.17) is 9.53 Å². The Morgan fingerprint density at radius 1 is 0.970 bits per heavy atom. The van der Waals surface area contributed by atoms with Gasteiger partial charge < -0.3 is 25.3 Å². The van der Waals surface area contributed by atoms with Gasteiger partial charge in [0.2, 0.25) is 5.91 Å². The SMILES string of the molecule is C=O.COc1ccc(NC2(C(=O)O)Cc3ccccc3C2)cc1NC(=O)Cc1ccccc1. The molecular weight excluding hydrogens is 420 g/mol. The van der Waals surface area contributed by atoms with Gasteiger partial charge in [0.15, 0.2) is 0 Å². The van der Waals surface area contributed by atoms with Gasteiger partial charge in [-0.3, -0.25) is 4.79 Å². The van der Waals surface area contributed by atoms with Crippen molar-refractivity contribution in [1.29, 1.82) is 0 Å². The van der Waals surface area contributed by atoms with Gasteiger partial charge in [-0.05, 0) is 34.9 Å². The van der Waals surface area contributed by atoms with E-state index in [1.165, 1.54) is 7.11 Å². The number of hydrogen-bond donors (Lipinski definition) is 3. The highest BCUT2D eigenvalue weighted by molar-refractivity contribution is 5.94. The lowest BCUT2D eigenvalue weighted by Gasteiger charge is -2.27. The topological polar surface area (TPSA) is 105 Å². The number of carboxylic acid groups (broad SMARTS) is 1. The summed E-state index contributed by atoms with van der Waals surface area (Å²) in [4.78, 5) is 32.8. The molecule has 1 amide bonds. The van der Waals surface area contributed by atoms with Crippen LogP contribution in [0.5, 0.6) is 5.75 Å². The first-order chi connectivity index (χ1) is 16.0. The van der Waals surface area contributed by atoms with Crippen molar-refractivity contribution in [2.24, 2.45) is 0 Å². The average molecular weight is 447 g/mol. The van der Waals surface area contributed by atoms with Gasteiger partial charge in [-0.25, -0.2) is 4.79 Å². The van der Waals surface area contributed by atoms with Crippen molar-refractivity contribution < 1.29 is 24.2 Å². The summed E-state index contributed by atoms with van der Waals surface area (Å²) in [5.74, 6) is -0.580.